The Bertz CT molecular complexity index is 1110. The average Bonchev–Trinajstić information content (AvgIpc) is 3.17. The predicted molar refractivity (Wildman–Crippen MR) is 114 cm³/mol. The molecule has 0 saturated heterocycles. The van der Waals surface area contributed by atoms with Crippen molar-refractivity contribution in [2.45, 2.75) is 25.8 Å². The SMILES string of the molecule is CCc1nn2c(c1-c1cccc(Cl)c1)NC(=O)C2CC(=O)Nc1cccc(Cl)c1. The van der Waals surface area contributed by atoms with Gasteiger partial charge in [-0.2, -0.15) is 5.10 Å². The highest BCUT2D eigenvalue weighted by molar-refractivity contribution is 6.31. The molecule has 8 heteroatoms. The summed E-state index contributed by atoms with van der Waals surface area (Å²) >= 11 is 12.1. The molecular formula is C21H18Cl2N4O2. The molecule has 29 heavy (non-hydrogen) atoms. The number of hydrogen-bond donors (Lipinski definition) is 2. The third-order valence-electron chi connectivity index (χ3n) is 4.76. The molecule has 2 heterocycles. The third kappa shape index (κ3) is 3.86. The van der Waals surface area contributed by atoms with E-state index < -0.39 is 6.04 Å². The lowest BCUT2D eigenvalue weighted by atomic mass is 10.0. The van der Waals surface area contributed by atoms with E-state index in [9.17, 15) is 9.59 Å². The van der Waals surface area contributed by atoms with E-state index in [0.717, 1.165) is 16.8 Å². The Morgan fingerprint density at radius 3 is 2.59 bits per heavy atom. The van der Waals surface area contributed by atoms with E-state index in [0.29, 0.717) is 28.0 Å². The molecule has 4 rings (SSSR count). The van der Waals surface area contributed by atoms with E-state index >= 15 is 0 Å². The standard InChI is InChI=1S/C21H18Cl2N4O2/c1-2-16-19(12-5-3-6-13(22)9-12)20-25-21(29)17(27(20)26-16)11-18(28)24-15-8-4-7-14(23)10-15/h3-10,17H,2,11H2,1H3,(H,24,28)(H,25,29). The van der Waals surface area contributed by atoms with Crippen LogP contribution in [0.4, 0.5) is 11.5 Å². The van der Waals surface area contributed by atoms with E-state index in [1.165, 1.54) is 0 Å². The first-order valence-electron chi connectivity index (χ1n) is 9.20. The normalized spacial score (nSPS) is 15.1. The molecule has 0 aliphatic carbocycles. The van der Waals surface area contributed by atoms with Crippen LogP contribution in [0, 0.1) is 0 Å². The van der Waals surface area contributed by atoms with Crippen LogP contribution in [0.2, 0.25) is 10.0 Å². The number of amides is 2. The minimum atomic E-state index is -0.720. The molecule has 0 radical (unpaired) electrons. The lowest BCUT2D eigenvalue weighted by molar-refractivity contribution is -0.123. The number of nitrogens with zero attached hydrogens (tertiary/aromatic N) is 2. The van der Waals surface area contributed by atoms with Crippen molar-refractivity contribution in [2.24, 2.45) is 0 Å². The molecule has 0 bridgehead atoms. The summed E-state index contributed by atoms with van der Waals surface area (Å²) in [7, 11) is 0. The molecule has 1 aliphatic rings. The lowest BCUT2D eigenvalue weighted by Crippen LogP contribution is -2.23. The first-order chi connectivity index (χ1) is 14.0. The van der Waals surface area contributed by atoms with Crippen molar-refractivity contribution in [3.8, 4) is 11.1 Å². The summed E-state index contributed by atoms with van der Waals surface area (Å²) in [4.78, 5) is 25.1. The average molecular weight is 429 g/mol. The first kappa shape index (κ1) is 19.5. The molecule has 2 aromatic carbocycles. The van der Waals surface area contributed by atoms with Crippen LogP contribution in [-0.2, 0) is 16.0 Å². The number of halogens is 2. The van der Waals surface area contributed by atoms with Crippen molar-refractivity contribution >= 4 is 46.5 Å². The van der Waals surface area contributed by atoms with E-state index in [1.54, 1.807) is 35.0 Å². The van der Waals surface area contributed by atoms with E-state index in [-0.39, 0.29) is 18.2 Å². The minimum Gasteiger partial charge on any atom is -0.326 e. The Morgan fingerprint density at radius 2 is 1.90 bits per heavy atom. The molecule has 6 nitrogen and oxygen atoms in total. The van der Waals surface area contributed by atoms with Gasteiger partial charge < -0.3 is 10.6 Å². The molecule has 0 spiro atoms. The smallest absolute Gasteiger partial charge is 0.251 e. The first-order valence-corrected chi connectivity index (χ1v) is 9.95. The summed E-state index contributed by atoms with van der Waals surface area (Å²) in [6, 6.07) is 13.6. The molecule has 1 unspecified atom stereocenters. The molecule has 148 valence electrons. The quantitative estimate of drug-likeness (QED) is 0.603. The number of rotatable bonds is 5. The van der Waals surface area contributed by atoms with Crippen LogP contribution in [0.25, 0.3) is 11.1 Å². The van der Waals surface area contributed by atoms with Gasteiger partial charge in [-0.25, -0.2) is 4.68 Å². The van der Waals surface area contributed by atoms with E-state index in [1.807, 2.05) is 25.1 Å². The zero-order chi connectivity index (χ0) is 20.5. The summed E-state index contributed by atoms with van der Waals surface area (Å²) in [6.07, 6.45) is 0.643. The monoisotopic (exact) mass is 428 g/mol. The summed E-state index contributed by atoms with van der Waals surface area (Å²) in [5.41, 5.74) is 3.12. The molecular weight excluding hydrogens is 411 g/mol. The van der Waals surface area contributed by atoms with Gasteiger partial charge in [-0.3, -0.25) is 9.59 Å². The number of anilines is 2. The van der Waals surface area contributed by atoms with Gasteiger partial charge in [0.2, 0.25) is 5.91 Å². The zero-order valence-electron chi connectivity index (χ0n) is 15.6. The predicted octanol–water partition coefficient (Wildman–Crippen LogP) is 4.94. The summed E-state index contributed by atoms with van der Waals surface area (Å²) < 4.78 is 1.61. The van der Waals surface area contributed by atoms with Gasteiger partial charge in [-0.15, -0.1) is 0 Å². The van der Waals surface area contributed by atoms with E-state index in [2.05, 4.69) is 15.7 Å². The van der Waals surface area contributed by atoms with Gasteiger partial charge in [-0.05, 0) is 42.3 Å². The molecule has 1 aromatic heterocycles. The van der Waals surface area contributed by atoms with Crippen molar-refractivity contribution in [1.29, 1.82) is 0 Å². The Morgan fingerprint density at radius 1 is 1.17 bits per heavy atom. The fourth-order valence-corrected chi connectivity index (χ4v) is 3.85. The Labute approximate surface area is 177 Å². The number of nitrogens with one attached hydrogen (secondary N) is 2. The molecule has 0 saturated carbocycles. The minimum absolute atomic E-state index is 0.0365. The number of fused-ring (bicyclic) bond motifs is 1. The zero-order valence-corrected chi connectivity index (χ0v) is 17.1. The molecule has 2 amide bonds. The van der Waals surface area contributed by atoms with Gasteiger partial charge in [0, 0.05) is 21.3 Å². The van der Waals surface area contributed by atoms with Gasteiger partial charge in [0.05, 0.1) is 12.1 Å². The third-order valence-corrected chi connectivity index (χ3v) is 5.23. The highest BCUT2D eigenvalue weighted by atomic mass is 35.5. The van der Waals surface area contributed by atoms with Gasteiger partial charge in [-0.1, -0.05) is 48.3 Å². The Balaban J connectivity index is 1.62. The summed E-state index contributed by atoms with van der Waals surface area (Å²) in [6.45, 7) is 1.99. The molecule has 0 fully saturated rings. The highest BCUT2D eigenvalue weighted by Crippen LogP contribution is 2.39. The molecule has 1 aliphatic heterocycles. The fourth-order valence-electron chi connectivity index (χ4n) is 3.47. The highest BCUT2D eigenvalue weighted by Gasteiger charge is 2.36. The summed E-state index contributed by atoms with van der Waals surface area (Å²) in [5, 5.41) is 11.4. The van der Waals surface area contributed by atoms with Crippen molar-refractivity contribution in [3.63, 3.8) is 0 Å². The van der Waals surface area contributed by atoms with Crippen LogP contribution in [0.3, 0.4) is 0 Å². The maximum atomic E-state index is 12.6. The van der Waals surface area contributed by atoms with Crippen LogP contribution in [0.5, 0.6) is 0 Å². The van der Waals surface area contributed by atoms with Crippen LogP contribution < -0.4 is 10.6 Å². The number of carbonyl (C=O) groups excluding carboxylic acids is 2. The molecule has 2 N–H and O–H groups in total. The maximum absolute atomic E-state index is 12.6. The Kier molecular flexibility index (Phi) is 5.30. The number of aromatic nitrogens is 2. The second kappa shape index (κ2) is 7.89. The van der Waals surface area contributed by atoms with Crippen LogP contribution in [-0.4, -0.2) is 21.6 Å². The molecule has 3 aromatic rings. The van der Waals surface area contributed by atoms with E-state index in [4.69, 9.17) is 23.2 Å². The van der Waals surface area contributed by atoms with Gasteiger partial charge in [0.25, 0.3) is 5.91 Å². The fraction of sp³-hybridized carbons (Fsp3) is 0.190. The van der Waals surface area contributed by atoms with Crippen molar-refractivity contribution in [3.05, 3.63) is 64.3 Å². The van der Waals surface area contributed by atoms with Crippen molar-refractivity contribution in [2.75, 3.05) is 10.6 Å². The van der Waals surface area contributed by atoms with Crippen LogP contribution in [0.15, 0.2) is 48.5 Å². The lowest BCUT2D eigenvalue weighted by Gasteiger charge is -2.10. The largest absolute Gasteiger partial charge is 0.326 e. The molecule has 1 atom stereocenters. The second-order valence-corrected chi connectivity index (χ2v) is 7.62. The van der Waals surface area contributed by atoms with Crippen LogP contribution >= 0.6 is 23.2 Å². The van der Waals surface area contributed by atoms with Gasteiger partial charge >= 0.3 is 0 Å². The van der Waals surface area contributed by atoms with Crippen LogP contribution in [0.1, 0.15) is 25.1 Å². The maximum Gasteiger partial charge on any atom is 0.251 e. The number of benzene rings is 2. The number of aryl methyl sites for hydroxylation is 1. The number of carbonyl (C=O) groups is 2. The summed E-state index contributed by atoms with van der Waals surface area (Å²) in [5.74, 6) is 0.0347. The van der Waals surface area contributed by atoms with Gasteiger partial charge in [0.1, 0.15) is 11.9 Å². The topological polar surface area (TPSA) is 76.0 Å². The second-order valence-electron chi connectivity index (χ2n) is 6.75. The Hall–Kier alpha value is -2.83. The van der Waals surface area contributed by atoms with Gasteiger partial charge in [0.15, 0.2) is 0 Å². The van der Waals surface area contributed by atoms with Crippen molar-refractivity contribution in [1.82, 2.24) is 9.78 Å². The number of hydrogen-bond acceptors (Lipinski definition) is 3. The van der Waals surface area contributed by atoms with Crippen molar-refractivity contribution < 1.29 is 9.59 Å².